The zero-order valence-corrected chi connectivity index (χ0v) is 20.8. The summed E-state index contributed by atoms with van der Waals surface area (Å²) in [6, 6.07) is 18.3. The average Bonchev–Trinajstić information content (AvgIpc) is 2.80. The second-order valence-corrected chi connectivity index (χ2v) is 8.08. The van der Waals surface area contributed by atoms with E-state index >= 15 is 0 Å². The lowest BCUT2D eigenvalue weighted by Gasteiger charge is -2.22. The van der Waals surface area contributed by atoms with Gasteiger partial charge in [0.05, 0.1) is 0 Å². The first-order valence-electron chi connectivity index (χ1n) is 11.5. The smallest absolute Gasteiger partial charge is 0.410 e. The average molecular weight is 495 g/mol. The topological polar surface area (TPSA) is 81.6 Å². The van der Waals surface area contributed by atoms with E-state index in [1.165, 1.54) is 24.6 Å². The van der Waals surface area contributed by atoms with Crippen LogP contribution in [0.25, 0.3) is 21.5 Å². The number of fused-ring (bicyclic) bond motifs is 3. The van der Waals surface area contributed by atoms with Gasteiger partial charge in [0.1, 0.15) is 5.75 Å². The molecule has 0 aliphatic heterocycles. The summed E-state index contributed by atoms with van der Waals surface area (Å²) >= 11 is 0. The molecule has 0 saturated carbocycles. The summed E-state index contributed by atoms with van der Waals surface area (Å²) in [6.45, 7) is 2.65. The Bertz CT molecular complexity index is 984. The molecule has 0 fully saturated rings. The molecule has 3 aromatic rings. The Hall–Kier alpha value is -2.05. The van der Waals surface area contributed by atoms with Crippen molar-refractivity contribution in [2.24, 2.45) is 11.5 Å². The van der Waals surface area contributed by atoms with Gasteiger partial charge in [0, 0.05) is 13.1 Å². The van der Waals surface area contributed by atoms with Crippen LogP contribution in [0.3, 0.4) is 0 Å². The zero-order chi connectivity index (χ0) is 21.9. The number of amides is 1. The van der Waals surface area contributed by atoms with E-state index in [0.717, 1.165) is 48.4 Å². The molecule has 0 unspecified atom stereocenters. The minimum atomic E-state index is -0.295. The Kier molecular flexibility index (Phi) is 13.8. The van der Waals surface area contributed by atoms with Gasteiger partial charge in [-0.05, 0) is 66.0 Å². The van der Waals surface area contributed by atoms with Crippen molar-refractivity contribution in [3.05, 3.63) is 54.6 Å². The molecule has 0 radical (unpaired) electrons. The Morgan fingerprint density at radius 1 is 0.697 bits per heavy atom. The maximum Gasteiger partial charge on any atom is 0.415 e. The minimum absolute atomic E-state index is 0. The summed E-state index contributed by atoms with van der Waals surface area (Å²) < 4.78 is 5.77. The highest BCUT2D eigenvalue weighted by Crippen LogP contribution is 2.28. The van der Waals surface area contributed by atoms with Crippen molar-refractivity contribution in [2.75, 3.05) is 26.2 Å². The van der Waals surface area contributed by atoms with Gasteiger partial charge in [0.2, 0.25) is 0 Å². The predicted octanol–water partition coefficient (Wildman–Crippen LogP) is 6.29. The van der Waals surface area contributed by atoms with E-state index in [-0.39, 0.29) is 30.9 Å². The van der Waals surface area contributed by atoms with Gasteiger partial charge in [-0.15, -0.1) is 24.8 Å². The van der Waals surface area contributed by atoms with Gasteiger partial charge < -0.3 is 21.1 Å². The van der Waals surface area contributed by atoms with Crippen molar-refractivity contribution in [2.45, 2.75) is 44.9 Å². The van der Waals surface area contributed by atoms with Crippen LogP contribution in [0.1, 0.15) is 44.9 Å². The maximum absolute atomic E-state index is 12.9. The van der Waals surface area contributed by atoms with Crippen LogP contribution in [-0.4, -0.2) is 37.2 Å². The van der Waals surface area contributed by atoms with E-state index in [2.05, 4.69) is 24.3 Å². The number of carbonyl (C=O) groups excluding carboxylic acids is 1. The van der Waals surface area contributed by atoms with Gasteiger partial charge >= 0.3 is 6.09 Å². The zero-order valence-electron chi connectivity index (χ0n) is 19.2. The molecule has 0 heterocycles. The van der Waals surface area contributed by atoms with Gasteiger partial charge in [-0.3, -0.25) is 0 Å². The third-order valence-corrected chi connectivity index (χ3v) is 5.70. The normalized spacial score (nSPS) is 10.5. The number of unbranched alkanes of at least 4 members (excludes halogenated alkanes) is 5. The first-order chi connectivity index (χ1) is 15.2. The van der Waals surface area contributed by atoms with Crippen LogP contribution in [0.4, 0.5) is 4.79 Å². The summed E-state index contributed by atoms with van der Waals surface area (Å²) in [7, 11) is 0. The lowest BCUT2D eigenvalue weighted by Crippen LogP contribution is -2.36. The first kappa shape index (κ1) is 29.0. The molecule has 33 heavy (non-hydrogen) atoms. The Balaban J connectivity index is 0.00000272. The van der Waals surface area contributed by atoms with Crippen molar-refractivity contribution in [1.29, 1.82) is 0 Å². The highest BCUT2D eigenvalue weighted by molar-refractivity contribution is 6.07. The number of nitrogens with two attached hydrogens (primary N) is 2. The molecule has 5 nitrogen and oxygen atoms in total. The Labute approximate surface area is 209 Å². The fourth-order valence-electron chi connectivity index (χ4n) is 3.94. The van der Waals surface area contributed by atoms with E-state index in [0.29, 0.717) is 25.4 Å². The van der Waals surface area contributed by atoms with Crippen molar-refractivity contribution in [3.63, 3.8) is 0 Å². The van der Waals surface area contributed by atoms with Crippen molar-refractivity contribution >= 4 is 52.5 Å². The van der Waals surface area contributed by atoms with Crippen LogP contribution >= 0.6 is 24.8 Å². The molecule has 0 saturated heterocycles. The Morgan fingerprint density at radius 2 is 1.27 bits per heavy atom. The minimum Gasteiger partial charge on any atom is -0.410 e. The van der Waals surface area contributed by atoms with E-state index in [1.807, 2.05) is 30.3 Å². The lowest BCUT2D eigenvalue weighted by molar-refractivity contribution is 0.151. The maximum atomic E-state index is 12.9. The van der Waals surface area contributed by atoms with Gasteiger partial charge in [0.25, 0.3) is 0 Å². The standard InChI is InChI=1S/C26H35N3O2.2ClH/c27-16-7-3-1-2-4-8-18-29(19-9-17-28)26(30)31-23-15-14-22-13-12-21-10-5-6-11-24(21)25(22)20-23;;/h5-6,10-15,20H,1-4,7-9,16-19,27-28H2;2*1H. The van der Waals surface area contributed by atoms with E-state index in [1.54, 1.807) is 4.90 Å². The number of nitrogens with zero attached hydrogens (tertiary/aromatic N) is 1. The second kappa shape index (κ2) is 15.7. The molecule has 1 amide bonds. The predicted molar refractivity (Wildman–Crippen MR) is 144 cm³/mol. The second-order valence-electron chi connectivity index (χ2n) is 8.08. The summed E-state index contributed by atoms with van der Waals surface area (Å²) in [4.78, 5) is 14.7. The molecule has 0 spiro atoms. The van der Waals surface area contributed by atoms with E-state index < -0.39 is 0 Å². The molecule has 3 aromatic carbocycles. The molecule has 0 aromatic heterocycles. The van der Waals surface area contributed by atoms with Crippen molar-refractivity contribution in [1.82, 2.24) is 4.90 Å². The number of ether oxygens (including phenoxy) is 1. The molecule has 182 valence electrons. The Morgan fingerprint density at radius 3 is 2.00 bits per heavy atom. The van der Waals surface area contributed by atoms with Gasteiger partial charge in [0.15, 0.2) is 0 Å². The molecule has 3 rings (SSSR count). The summed E-state index contributed by atoms with van der Waals surface area (Å²) in [5.41, 5.74) is 11.2. The van der Waals surface area contributed by atoms with Crippen LogP contribution < -0.4 is 16.2 Å². The molecule has 0 aliphatic rings. The summed E-state index contributed by atoms with van der Waals surface area (Å²) in [5.74, 6) is 0.577. The van der Waals surface area contributed by atoms with Crippen LogP contribution in [0.15, 0.2) is 54.6 Å². The van der Waals surface area contributed by atoms with Crippen LogP contribution in [0.2, 0.25) is 0 Å². The quantitative estimate of drug-likeness (QED) is 0.229. The van der Waals surface area contributed by atoms with Crippen LogP contribution in [0.5, 0.6) is 5.75 Å². The first-order valence-corrected chi connectivity index (χ1v) is 11.5. The number of rotatable bonds is 12. The largest absolute Gasteiger partial charge is 0.415 e. The third kappa shape index (κ3) is 8.67. The van der Waals surface area contributed by atoms with Crippen molar-refractivity contribution < 1.29 is 9.53 Å². The van der Waals surface area contributed by atoms with Gasteiger partial charge in [-0.2, -0.15) is 0 Å². The summed E-state index contributed by atoms with van der Waals surface area (Å²) in [5, 5.41) is 4.56. The SMILES string of the molecule is Cl.Cl.NCCCCCCCCN(CCCN)C(=O)Oc1ccc2ccc3ccccc3c2c1. The number of hydrogen-bond donors (Lipinski definition) is 2. The van der Waals surface area contributed by atoms with Gasteiger partial charge in [-0.25, -0.2) is 4.79 Å². The van der Waals surface area contributed by atoms with E-state index in [4.69, 9.17) is 16.2 Å². The number of hydrogen-bond acceptors (Lipinski definition) is 4. The highest BCUT2D eigenvalue weighted by Gasteiger charge is 2.15. The molecule has 0 bridgehead atoms. The van der Waals surface area contributed by atoms with E-state index in [9.17, 15) is 4.79 Å². The van der Waals surface area contributed by atoms with Crippen molar-refractivity contribution in [3.8, 4) is 5.75 Å². The molecule has 4 N–H and O–H groups in total. The fourth-order valence-corrected chi connectivity index (χ4v) is 3.94. The molecule has 7 heteroatoms. The highest BCUT2D eigenvalue weighted by atomic mass is 35.5. The molecular formula is C26H37Cl2N3O2. The summed E-state index contributed by atoms with van der Waals surface area (Å²) in [6.07, 6.45) is 7.23. The van der Waals surface area contributed by atoms with Gasteiger partial charge in [-0.1, -0.05) is 68.1 Å². The number of benzene rings is 3. The van der Waals surface area contributed by atoms with Crippen LogP contribution in [0, 0.1) is 0 Å². The number of halogens is 2. The monoisotopic (exact) mass is 493 g/mol. The lowest BCUT2D eigenvalue weighted by atomic mass is 10.0. The molecule has 0 aliphatic carbocycles. The fraction of sp³-hybridized carbons (Fsp3) is 0.423. The van der Waals surface area contributed by atoms with Crippen LogP contribution in [-0.2, 0) is 0 Å². The molecule has 0 atom stereocenters. The molecular weight excluding hydrogens is 457 g/mol. The third-order valence-electron chi connectivity index (χ3n) is 5.70. The number of carbonyl (C=O) groups is 1.